The van der Waals surface area contributed by atoms with Crippen LogP contribution in [0.2, 0.25) is 0 Å². The van der Waals surface area contributed by atoms with Gasteiger partial charge in [-0.2, -0.15) is 24.2 Å². The Morgan fingerprint density at radius 3 is 2.65 bits per heavy atom. The Morgan fingerprint density at radius 1 is 1.23 bits per heavy atom. The number of Topliss-reactive ketones (excluding diaryl/α,β-unsaturated/α-hetero) is 1. The number of aromatic nitrogens is 3. The molecule has 3 aromatic rings. The number of nitriles is 1. The summed E-state index contributed by atoms with van der Waals surface area (Å²) >= 11 is 0.777. The summed E-state index contributed by atoms with van der Waals surface area (Å²) in [5, 5.41) is 21.9. The lowest BCUT2D eigenvalue weighted by molar-refractivity contribution is 0.0974. The van der Waals surface area contributed by atoms with Gasteiger partial charge >= 0.3 is 0 Å². The van der Waals surface area contributed by atoms with E-state index in [0.717, 1.165) is 11.7 Å². The normalized spacial score (nSPS) is 12.9. The van der Waals surface area contributed by atoms with E-state index in [1.165, 1.54) is 24.4 Å². The number of hydrogen-bond donors (Lipinski definition) is 1. The van der Waals surface area contributed by atoms with Gasteiger partial charge in [0.2, 0.25) is 21.8 Å². The second kappa shape index (κ2) is 7.00. The first-order valence-corrected chi connectivity index (χ1v) is 9.23. The molecule has 1 atom stereocenters. The van der Waals surface area contributed by atoms with Crippen LogP contribution in [-0.2, 0) is 10.0 Å². The lowest BCUT2D eigenvalue weighted by Gasteiger charge is -2.02. The molecule has 130 valence electrons. The number of ketones is 1. The van der Waals surface area contributed by atoms with E-state index in [1.54, 1.807) is 18.2 Å². The van der Waals surface area contributed by atoms with Crippen LogP contribution >= 0.6 is 11.7 Å². The van der Waals surface area contributed by atoms with E-state index in [9.17, 15) is 18.5 Å². The molecule has 0 aliphatic rings. The van der Waals surface area contributed by atoms with Gasteiger partial charge in [0.15, 0.2) is 0 Å². The lowest BCUT2D eigenvalue weighted by Crippen LogP contribution is -2.17. The zero-order valence-corrected chi connectivity index (χ0v) is 14.5. The second-order valence-electron chi connectivity index (χ2n) is 4.92. The highest BCUT2D eigenvalue weighted by molar-refractivity contribution is 7.89. The van der Waals surface area contributed by atoms with Gasteiger partial charge in [-0.15, -0.1) is 0 Å². The molecule has 12 heteroatoms. The van der Waals surface area contributed by atoms with Gasteiger partial charge in [0.1, 0.15) is 33.4 Å². The Hall–Kier alpha value is -3.14. The Morgan fingerprint density at radius 2 is 2.00 bits per heavy atom. The molecule has 0 radical (unpaired) electrons. The fourth-order valence-electron chi connectivity index (χ4n) is 2.05. The molecule has 0 amide bonds. The van der Waals surface area contributed by atoms with Crippen molar-refractivity contribution in [2.75, 3.05) is 0 Å². The molecule has 1 unspecified atom stereocenters. The number of primary sulfonamides is 1. The molecule has 0 spiro atoms. The Labute approximate surface area is 151 Å². The van der Waals surface area contributed by atoms with Crippen LogP contribution in [0.15, 0.2) is 51.7 Å². The summed E-state index contributed by atoms with van der Waals surface area (Å²) in [6.07, 6.45) is 1.43. The molecule has 0 bridgehead atoms. The van der Waals surface area contributed by atoms with E-state index in [-0.39, 0.29) is 27.3 Å². The summed E-state index contributed by atoms with van der Waals surface area (Å²) in [5.74, 6) is -0.606. The number of nitrogens with two attached hydrogens (primary N) is 1. The molecule has 0 aliphatic heterocycles. The number of carbonyl (C=O) groups excluding carboxylic acids is 1. The number of carbonyl (C=O) groups is 1. The second-order valence-corrected chi connectivity index (χ2v) is 6.97. The lowest BCUT2D eigenvalue weighted by atomic mass is 10.1. The van der Waals surface area contributed by atoms with Crippen LogP contribution in [0.4, 0.5) is 5.69 Å². The van der Waals surface area contributed by atoms with Gasteiger partial charge in [0.25, 0.3) is 0 Å². The SMILES string of the molecule is N#CC(/N=N/c1ccc(S(N)(=O)=O)c2nsnc12)C(=O)c1ccccn1. The minimum absolute atomic E-state index is 0.0542. The van der Waals surface area contributed by atoms with Crippen LogP contribution in [0.5, 0.6) is 0 Å². The predicted molar refractivity (Wildman–Crippen MR) is 91.3 cm³/mol. The maximum atomic E-state index is 12.2. The third-order valence-electron chi connectivity index (χ3n) is 3.23. The average molecular weight is 387 g/mol. The van der Waals surface area contributed by atoms with Gasteiger partial charge in [-0.1, -0.05) is 6.07 Å². The number of fused-ring (bicyclic) bond motifs is 1. The maximum absolute atomic E-state index is 12.2. The van der Waals surface area contributed by atoms with Gasteiger partial charge in [-0.3, -0.25) is 9.78 Å². The molecule has 3 rings (SSSR count). The van der Waals surface area contributed by atoms with Crippen LogP contribution < -0.4 is 5.14 Å². The van der Waals surface area contributed by atoms with Crippen molar-refractivity contribution in [3.05, 3.63) is 42.2 Å². The Balaban J connectivity index is 1.97. The van der Waals surface area contributed by atoms with Crippen molar-refractivity contribution in [1.82, 2.24) is 13.7 Å². The maximum Gasteiger partial charge on any atom is 0.240 e. The molecule has 0 saturated heterocycles. The van der Waals surface area contributed by atoms with Crippen molar-refractivity contribution in [1.29, 1.82) is 5.26 Å². The first-order chi connectivity index (χ1) is 12.4. The van der Waals surface area contributed by atoms with Crippen molar-refractivity contribution in [3.63, 3.8) is 0 Å². The number of pyridine rings is 1. The van der Waals surface area contributed by atoms with E-state index in [2.05, 4.69) is 24.0 Å². The van der Waals surface area contributed by atoms with Crippen LogP contribution in [0.3, 0.4) is 0 Å². The zero-order chi connectivity index (χ0) is 18.7. The molecular formula is C14H9N7O3S2. The number of azo groups is 1. The van der Waals surface area contributed by atoms with E-state index in [1.807, 2.05) is 0 Å². The molecule has 0 saturated carbocycles. The van der Waals surface area contributed by atoms with Gasteiger partial charge in [0, 0.05) is 6.20 Å². The van der Waals surface area contributed by atoms with Crippen molar-refractivity contribution >= 4 is 44.3 Å². The van der Waals surface area contributed by atoms with Crippen LogP contribution in [-0.4, -0.2) is 34.0 Å². The summed E-state index contributed by atoms with van der Waals surface area (Å²) in [6.45, 7) is 0. The van der Waals surface area contributed by atoms with E-state index < -0.39 is 21.8 Å². The number of nitrogens with zero attached hydrogens (tertiary/aromatic N) is 6. The van der Waals surface area contributed by atoms with Crippen molar-refractivity contribution in [2.45, 2.75) is 10.9 Å². The number of rotatable bonds is 5. The van der Waals surface area contributed by atoms with Gasteiger partial charge < -0.3 is 0 Å². The van der Waals surface area contributed by atoms with E-state index in [0.29, 0.717) is 0 Å². The highest BCUT2D eigenvalue weighted by Crippen LogP contribution is 2.29. The first kappa shape index (κ1) is 17.7. The third kappa shape index (κ3) is 3.45. The highest BCUT2D eigenvalue weighted by atomic mass is 32.2. The largest absolute Gasteiger partial charge is 0.289 e. The number of hydrogen-bond acceptors (Lipinski definition) is 10. The van der Waals surface area contributed by atoms with Crippen molar-refractivity contribution in [3.8, 4) is 6.07 Å². The molecule has 2 aromatic heterocycles. The van der Waals surface area contributed by atoms with Crippen molar-refractivity contribution < 1.29 is 13.2 Å². The molecule has 1 aromatic carbocycles. The molecule has 26 heavy (non-hydrogen) atoms. The van der Waals surface area contributed by atoms with Crippen LogP contribution in [0.25, 0.3) is 11.0 Å². The summed E-state index contributed by atoms with van der Waals surface area (Å²) in [4.78, 5) is 15.9. The average Bonchev–Trinajstić information content (AvgIpc) is 3.11. The fraction of sp³-hybridized carbons (Fsp3) is 0.0714. The highest BCUT2D eigenvalue weighted by Gasteiger charge is 2.21. The molecular weight excluding hydrogens is 378 g/mol. The molecule has 0 aliphatic carbocycles. The predicted octanol–water partition coefficient (Wildman–Crippen LogP) is 1.59. The number of sulfonamides is 1. The molecule has 2 N–H and O–H groups in total. The Kier molecular flexibility index (Phi) is 4.76. The fourth-order valence-corrected chi connectivity index (χ4v) is 3.34. The van der Waals surface area contributed by atoms with Crippen LogP contribution in [0.1, 0.15) is 10.5 Å². The molecule has 0 fully saturated rings. The minimum atomic E-state index is -3.98. The van der Waals surface area contributed by atoms with Gasteiger partial charge in [0.05, 0.1) is 11.7 Å². The Bertz CT molecular complexity index is 1150. The van der Waals surface area contributed by atoms with Crippen molar-refractivity contribution in [2.24, 2.45) is 15.4 Å². The summed E-state index contributed by atoms with van der Waals surface area (Å²) in [7, 11) is -3.98. The van der Waals surface area contributed by atoms with Crippen LogP contribution in [0, 0.1) is 11.3 Å². The topological polar surface area (TPSA) is 164 Å². The first-order valence-electron chi connectivity index (χ1n) is 6.95. The molecule has 2 heterocycles. The summed E-state index contributed by atoms with van der Waals surface area (Å²) < 4.78 is 31.0. The van der Waals surface area contributed by atoms with Gasteiger partial charge in [-0.05, 0) is 24.3 Å². The molecule has 10 nitrogen and oxygen atoms in total. The van der Waals surface area contributed by atoms with E-state index in [4.69, 9.17) is 5.14 Å². The standard InChI is InChI=1S/C14H9N7O3S2/c15-7-10(14(22)9-3-1-2-6-17-9)19-18-8-4-5-11(26(16,23)24)13-12(8)20-25-21-13/h1-6,10H,(H2,16,23,24)/b19-18+. The van der Waals surface area contributed by atoms with Gasteiger partial charge in [-0.25, -0.2) is 13.6 Å². The minimum Gasteiger partial charge on any atom is -0.289 e. The quantitative estimate of drug-likeness (QED) is 0.512. The summed E-state index contributed by atoms with van der Waals surface area (Å²) in [6, 6.07) is 7.61. The smallest absolute Gasteiger partial charge is 0.240 e. The monoisotopic (exact) mass is 387 g/mol. The number of benzene rings is 1. The summed E-state index contributed by atoms with van der Waals surface area (Å²) in [5.41, 5.74) is 0.462. The van der Waals surface area contributed by atoms with E-state index >= 15 is 0 Å². The zero-order valence-electron chi connectivity index (χ0n) is 12.8. The third-order valence-corrected chi connectivity index (χ3v) is 4.70.